The zero-order valence-electron chi connectivity index (χ0n) is 16.1. The lowest BCUT2D eigenvalue weighted by Crippen LogP contribution is -2.34. The van der Waals surface area contributed by atoms with Gasteiger partial charge in [-0.3, -0.25) is 14.9 Å². The first-order valence-electron chi connectivity index (χ1n) is 9.67. The van der Waals surface area contributed by atoms with Crippen LogP contribution in [0.2, 0.25) is 0 Å². The number of rotatable bonds is 6. The molecule has 0 radical (unpaired) electrons. The average Bonchev–Trinajstić information content (AvgIpc) is 3.29. The third kappa shape index (κ3) is 3.94. The van der Waals surface area contributed by atoms with Gasteiger partial charge < -0.3 is 15.4 Å². The third-order valence-electron chi connectivity index (χ3n) is 5.35. The summed E-state index contributed by atoms with van der Waals surface area (Å²) in [5.74, 6) is 0.254. The number of carbonyl (C=O) groups excluding carboxylic acids is 3. The molecule has 1 aromatic heterocycles. The number of urea groups is 1. The van der Waals surface area contributed by atoms with Crippen molar-refractivity contribution in [2.45, 2.75) is 44.2 Å². The van der Waals surface area contributed by atoms with Crippen LogP contribution in [0, 0.1) is 0 Å². The van der Waals surface area contributed by atoms with E-state index in [1.165, 1.54) is 0 Å². The van der Waals surface area contributed by atoms with Gasteiger partial charge in [0.25, 0.3) is 5.91 Å². The van der Waals surface area contributed by atoms with Gasteiger partial charge in [0.05, 0.1) is 25.0 Å². The van der Waals surface area contributed by atoms with Crippen molar-refractivity contribution in [2.75, 3.05) is 7.11 Å². The molecular formula is C20H23N5O4. The maximum atomic E-state index is 12.4. The van der Waals surface area contributed by atoms with Gasteiger partial charge in [-0.1, -0.05) is 0 Å². The lowest BCUT2D eigenvalue weighted by atomic mass is 9.92. The highest BCUT2D eigenvalue weighted by Crippen LogP contribution is 2.31. The summed E-state index contributed by atoms with van der Waals surface area (Å²) in [5, 5.41) is 12.3. The Kier molecular flexibility index (Phi) is 5.20. The minimum atomic E-state index is -0.645. The number of methoxy groups -OCH3 is 1. The number of nitrogens with one attached hydrogen (secondary N) is 3. The van der Waals surface area contributed by atoms with Crippen molar-refractivity contribution in [1.29, 1.82) is 0 Å². The zero-order valence-corrected chi connectivity index (χ0v) is 16.1. The predicted molar refractivity (Wildman–Crippen MR) is 104 cm³/mol. The van der Waals surface area contributed by atoms with Crippen molar-refractivity contribution >= 4 is 17.8 Å². The summed E-state index contributed by atoms with van der Waals surface area (Å²) in [5.41, 5.74) is 3.06. The van der Waals surface area contributed by atoms with Gasteiger partial charge in [-0.15, -0.1) is 0 Å². The van der Waals surface area contributed by atoms with E-state index in [0.717, 1.165) is 42.0 Å². The summed E-state index contributed by atoms with van der Waals surface area (Å²) in [6, 6.07) is 6.43. The molecule has 1 aromatic carbocycles. The summed E-state index contributed by atoms with van der Waals surface area (Å²) in [6.45, 7) is 0. The fraction of sp³-hybridized carbons (Fsp3) is 0.400. The van der Waals surface area contributed by atoms with E-state index >= 15 is 0 Å². The molecule has 4 amide bonds. The number of imide groups is 1. The number of ether oxygens (including phenoxy) is 1. The van der Waals surface area contributed by atoms with Crippen LogP contribution >= 0.6 is 0 Å². The van der Waals surface area contributed by atoms with Crippen LogP contribution in [0.15, 0.2) is 30.5 Å². The van der Waals surface area contributed by atoms with Gasteiger partial charge in [0.15, 0.2) is 0 Å². The average molecular weight is 397 g/mol. The Morgan fingerprint density at radius 2 is 2.10 bits per heavy atom. The number of benzene rings is 1. The molecule has 0 spiro atoms. The highest BCUT2D eigenvalue weighted by Gasteiger charge is 2.30. The van der Waals surface area contributed by atoms with Crippen LogP contribution in [0.5, 0.6) is 5.75 Å². The summed E-state index contributed by atoms with van der Waals surface area (Å²) in [4.78, 5) is 35.2. The second-order valence-corrected chi connectivity index (χ2v) is 7.22. The van der Waals surface area contributed by atoms with Crippen molar-refractivity contribution in [2.24, 2.45) is 0 Å². The SMILES string of the molecule is COc1ccc(-n2ncc3c2CCC[C@H]3NC(=O)CC[C@@H]2NC(=O)NC2=O)cc1. The first-order valence-corrected chi connectivity index (χ1v) is 9.67. The third-order valence-corrected chi connectivity index (χ3v) is 5.35. The van der Waals surface area contributed by atoms with Gasteiger partial charge in [0.2, 0.25) is 5.91 Å². The van der Waals surface area contributed by atoms with E-state index in [4.69, 9.17) is 4.74 Å². The Morgan fingerprint density at radius 1 is 1.31 bits per heavy atom. The molecular weight excluding hydrogens is 374 g/mol. The van der Waals surface area contributed by atoms with Crippen LogP contribution in [0.4, 0.5) is 4.79 Å². The van der Waals surface area contributed by atoms with E-state index in [-0.39, 0.29) is 30.7 Å². The summed E-state index contributed by atoms with van der Waals surface area (Å²) >= 11 is 0. The van der Waals surface area contributed by atoms with Crippen molar-refractivity contribution in [3.05, 3.63) is 41.7 Å². The number of nitrogens with zero attached hydrogens (tertiary/aromatic N) is 2. The molecule has 1 saturated heterocycles. The molecule has 0 unspecified atom stereocenters. The van der Waals surface area contributed by atoms with E-state index < -0.39 is 12.1 Å². The fourth-order valence-corrected chi connectivity index (χ4v) is 3.86. The van der Waals surface area contributed by atoms with Gasteiger partial charge in [0, 0.05) is 17.7 Å². The molecule has 2 aliphatic rings. The maximum absolute atomic E-state index is 12.4. The zero-order chi connectivity index (χ0) is 20.4. The van der Waals surface area contributed by atoms with Crippen LogP contribution in [0.1, 0.15) is 43.0 Å². The van der Waals surface area contributed by atoms with Crippen LogP contribution in [0.3, 0.4) is 0 Å². The number of hydrogen-bond donors (Lipinski definition) is 3. The second-order valence-electron chi connectivity index (χ2n) is 7.22. The largest absolute Gasteiger partial charge is 0.497 e. The highest BCUT2D eigenvalue weighted by molar-refractivity contribution is 6.04. The minimum Gasteiger partial charge on any atom is -0.497 e. The van der Waals surface area contributed by atoms with Crippen LogP contribution in [-0.4, -0.2) is 40.8 Å². The highest BCUT2D eigenvalue weighted by atomic mass is 16.5. The van der Waals surface area contributed by atoms with E-state index in [9.17, 15) is 14.4 Å². The summed E-state index contributed by atoms with van der Waals surface area (Å²) < 4.78 is 7.12. The smallest absolute Gasteiger partial charge is 0.322 e. The summed E-state index contributed by atoms with van der Waals surface area (Å²) in [7, 11) is 1.63. The molecule has 9 nitrogen and oxygen atoms in total. The second kappa shape index (κ2) is 7.94. The molecule has 3 N–H and O–H groups in total. The molecule has 2 heterocycles. The first-order chi connectivity index (χ1) is 14.0. The molecule has 1 fully saturated rings. The Morgan fingerprint density at radius 3 is 2.79 bits per heavy atom. The molecule has 1 aliphatic carbocycles. The monoisotopic (exact) mass is 397 g/mol. The van der Waals surface area contributed by atoms with Crippen LogP contribution < -0.4 is 20.7 Å². The Balaban J connectivity index is 1.42. The summed E-state index contributed by atoms with van der Waals surface area (Å²) in [6.07, 6.45) is 4.93. The van der Waals surface area contributed by atoms with Crippen LogP contribution in [-0.2, 0) is 16.0 Å². The molecule has 4 rings (SSSR count). The Bertz CT molecular complexity index is 937. The lowest BCUT2D eigenvalue weighted by molar-refractivity contribution is -0.122. The number of aromatic nitrogens is 2. The minimum absolute atomic E-state index is 0.106. The number of hydrogen-bond acceptors (Lipinski definition) is 5. The molecule has 9 heteroatoms. The topological polar surface area (TPSA) is 114 Å². The Labute approximate surface area is 167 Å². The molecule has 2 atom stereocenters. The normalized spacial score (nSPS) is 20.6. The number of amides is 4. The Hall–Kier alpha value is -3.36. The quantitative estimate of drug-likeness (QED) is 0.637. The van der Waals surface area contributed by atoms with Crippen molar-refractivity contribution in [3.63, 3.8) is 0 Å². The predicted octanol–water partition coefficient (Wildman–Crippen LogP) is 1.36. The van der Waals surface area contributed by atoms with Gasteiger partial charge in [-0.05, 0) is 49.9 Å². The van der Waals surface area contributed by atoms with E-state index in [0.29, 0.717) is 0 Å². The van der Waals surface area contributed by atoms with E-state index in [1.807, 2.05) is 35.1 Å². The molecule has 2 aromatic rings. The van der Waals surface area contributed by atoms with Gasteiger partial charge in [0.1, 0.15) is 11.8 Å². The lowest BCUT2D eigenvalue weighted by Gasteiger charge is -2.24. The van der Waals surface area contributed by atoms with E-state index in [2.05, 4.69) is 21.0 Å². The fourth-order valence-electron chi connectivity index (χ4n) is 3.86. The molecule has 1 aliphatic heterocycles. The molecule has 29 heavy (non-hydrogen) atoms. The van der Waals surface area contributed by atoms with Crippen molar-refractivity contribution < 1.29 is 19.1 Å². The standard InChI is InChI=1S/C20H23N5O4/c1-29-13-7-5-12(6-8-13)25-17-4-2-3-15(14(17)11-21-25)22-18(26)10-9-16-19(27)24-20(28)23-16/h5-8,11,15-16H,2-4,9-10H2,1H3,(H,22,26)(H2,23,24,27,28)/t15-,16+/m1/s1. The van der Waals surface area contributed by atoms with Gasteiger partial charge in [-0.2, -0.15) is 5.10 Å². The van der Waals surface area contributed by atoms with Gasteiger partial charge in [-0.25, -0.2) is 9.48 Å². The number of carbonyl (C=O) groups is 3. The molecule has 152 valence electrons. The molecule has 0 bridgehead atoms. The number of fused-ring (bicyclic) bond motifs is 1. The van der Waals surface area contributed by atoms with E-state index in [1.54, 1.807) is 7.11 Å². The maximum Gasteiger partial charge on any atom is 0.322 e. The molecule has 0 saturated carbocycles. The van der Waals surface area contributed by atoms with Gasteiger partial charge >= 0.3 is 6.03 Å². The van der Waals surface area contributed by atoms with Crippen LogP contribution in [0.25, 0.3) is 5.69 Å². The van der Waals surface area contributed by atoms with Crippen molar-refractivity contribution in [1.82, 2.24) is 25.7 Å². The first kappa shape index (κ1) is 19.0. The van der Waals surface area contributed by atoms with Crippen molar-refractivity contribution in [3.8, 4) is 11.4 Å².